The Morgan fingerprint density at radius 2 is 1.71 bits per heavy atom. The number of carbonyl (C=O) groups is 1. The minimum atomic E-state index is -0.336. The van der Waals surface area contributed by atoms with Gasteiger partial charge in [-0.15, -0.1) is 0 Å². The van der Waals surface area contributed by atoms with Gasteiger partial charge in [-0.2, -0.15) is 0 Å². The van der Waals surface area contributed by atoms with Crippen LogP contribution in [0.3, 0.4) is 0 Å². The van der Waals surface area contributed by atoms with Crippen molar-refractivity contribution in [1.29, 1.82) is 0 Å². The first-order chi connectivity index (χ1) is 13.6. The molecule has 3 rings (SSSR count). The summed E-state index contributed by atoms with van der Waals surface area (Å²) in [7, 11) is 3.08. The van der Waals surface area contributed by atoms with E-state index in [9.17, 15) is 9.18 Å². The number of methoxy groups -OCH3 is 2. The summed E-state index contributed by atoms with van der Waals surface area (Å²) >= 11 is 0. The molecule has 28 heavy (non-hydrogen) atoms. The number of rotatable bonds is 9. The maximum Gasteiger partial charge on any atom is 0.188 e. The smallest absolute Gasteiger partial charge is 0.188 e. The van der Waals surface area contributed by atoms with Crippen molar-refractivity contribution >= 4 is 5.78 Å². The molecule has 0 aliphatic heterocycles. The number of ketones is 1. The summed E-state index contributed by atoms with van der Waals surface area (Å²) in [6.07, 6.45) is 2.50. The zero-order valence-corrected chi connectivity index (χ0v) is 16.2. The number of ether oxygens (including phenoxy) is 4. The largest absolute Gasteiger partial charge is 0.468 e. The van der Waals surface area contributed by atoms with Crippen LogP contribution in [0.5, 0.6) is 11.5 Å². The molecule has 5 nitrogen and oxygen atoms in total. The second-order valence-corrected chi connectivity index (χ2v) is 6.82. The fraction of sp³-hybridized carbons (Fsp3) is 0.409. The van der Waals surface area contributed by atoms with E-state index in [0.29, 0.717) is 17.1 Å². The Hall–Kier alpha value is -2.44. The van der Waals surface area contributed by atoms with Crippen molar-refractivity contribution in [3.05, 3.63) is 59.4 Å². The number of halogens is 1. The van der Waals surface area contributed by atoms with E-state index in [-0.39, 0.29) is 37.0 Å². The second kappa shape index (κ2) is 9.66. The molecule has 1 fully saturated rings. The maximum atomic E-state index is 13.9. The first kappa shape index (κ1) is 20.3. The Bertz CT molecular complexity index is 790. The van der Waals surface area contributed by atoms with Crippen LogP contribution < -0.4 is 9.47 Å². The Morgan fingerprint density at radius 3 is 2.43 bits per heavy atom. The van der Waals surface area contributed by atoms with Gasteiger partial charge in [-0.05, 0) is 61.2 Å². The average Bonchev–Trinajstić information content (AvgIpc) is 3.21. The van der Waals surface area contributed by atoms with E-state index in [1.54, 1.807) is 37.4 Å². The van der Waals surface area contributed by atoms with E-state index in [1.807, 2.05) is 0 Å². The third-order valence-electron chi connectivity index (χ3n) is 5.04. The molecule has 0 saturated heterocycles. The van der Waals surface area contributed by atoms with Crippen LogP contribution in [-0.4, -0.2) is 33.6 Å². The molecule has 0 heterocycles. The van der Waals surface area contributed by atoms with Gasteiger partial charge in [0.05, 0.1) is 0 Å². The van der Waals surface area contributed by atoms with Gasteiger partial charge in [0.15, 0.2) is 19.4 Å². The van der Waals surface area contributed by atoms with Crippen LogP contribution in [0.25, 0.3) is 0 Å². The summed E-state index contributed by atoms with van der Waals surface area (Å²) in [6.45, 7) is 0.231. The topological polar surface area (TPSA) is 54.0 Å². The zero-order valence-electron chi connectivity index (χ0n) is 16.2. The number of Topliss-reactive ketones (excluding diaryl/α,β-unsaturated/α-hetero) is 1. The molecule has 0 radical (unpaired) electrons. The van der Waals surface area contributed by atoms with Gasteiger partial charge in [0.2, 0.25) is 0 Å². The van der Waals surface area contributed by atoms with Crippen LogP contribution >= 0.6 is 0 Å². The van der Waals surface area contributed by atoms with E-state index < -0.39 is 0 Å². The van der Waals surface area contributed by atoms with Crippen LogP contribution in [0.2, 0.25) is 0 Å². The van der Waals surface area contributed by atoms with Crippen LogP contribution in [0.15, 0.2) is 42.5 Å². The Balaban J connectivity index is 1.81. The summed E-state index contributed by atoms with van der Waals surface area (Å²) in [6, 6.07) is 11.5. The third-order valence-corrected chi connectivity index (χ3v) is 5.04. The highest BCUT2D eigenvalue weighted by atomic mass is 19.1. The first-order valence-electron chi connectivity index (χ1n) is 9.31. The van der Waals surface area contributed by atoms with Crippen LogP contribution in [0.4, 0.5) is 4.39 Å². The molecule has 0 N–H and O–H groups in total. The van der Waals surface area contributed by atoms with Crippen molar-refractivity contribution < 1.29 is 28.1 Å². The SMILES string of the molecule is COCOc1ccc(C(=O)[C@H]2CCC[C@H]2c2cc(F)ccc2OCOC)cc1. The van der Waals surface area contributed by atoms with Crippen molar-refractivity contribution in [3.63, 3.8) is 0 Å². The van der Waals surface area contributed by atoms with Crippen LogP contribution in [-0.2, 0) is 9.47 Å². The Labute approximate surface area is 164 Å². The molecule has 0 amide bonds. The lowest BCUT2D eigenvalue weighted by Crippen LogP contribution is -2.19. The Kier molecular flexibility index (Phi) is 7.01. The Morgan fingerprint density at radius 1 is 1.00 bits per heavy atom. The van der Waals surface area contributed by atoms with Crippen molar-refractivity contribution in [2.45, 2.75) is 25.2 Å². The van der Waals surface area contributed by atoms with Gasteiger partial charge in [0.25, 0.3) is 0 Å². The van der Waals surface area contributed by atoms with Crippen molar-refractivity contribution in [2.24, 2.45) is 5.92 Å². The minimum absolute atomic E-state index is 0.0581. The van der Waals surface area contributed by atoms with Gasteiger partial charge < -0.3 is 18.9 Å². The molecule has 1 aliphatic carbocycles. The van der Waals surface area contributed by atoms with E-state index in [0.717, 1.165) is 24.8 Å². The van der Waals surface area contributed by atoms with Gasteiger partial charge in [-0.1, -0.05) is 6.42 Å². The summed E-state index contributed by atoms with van der Waals surface area (Å²) in [5, 5.41) is 0. The predicted molar refractivity (Wildman–Crippen MR) is 102 cm³/mol. The number of hydrogen-bond acceptors (Lipinski definition) is 5. The quantitative estimate of drug-likeness (QED) is 0.466. The van der Waals surface area contributed by atoms with Gasteiger partial charge >= 0.3 is 0 Å². The van der Waals surface area contributed by atoms with Gasteiger partial charge in [0, 0.05) is 31.3 Å². The molecule has 1 aliphatic rings. The number of hydrogen-bond donors (Lipinski definition) is 0. The highest BCUT2D eigenvalue weighted by molar-refractivity contribution is 5.98. The third kappa shape index (κ3) is 4.69. The fourth-order valence-electron chi connectivity index (χ4n) is 3.77. The molecule has 6 heteroatoms. The lowest BCUT2D eigenvalue weighted by molar-refractivity contribution is 0.0499. The van der Waals surface area contributed by atoms with Crippen molar-refractivity contribution in [3.8, 4) is 11.5 Å². The van der Waals surface area contributed by atoms with E-state index in [1.165, 1.54) is 19.2 Å². The molecule has 0 bridgehead atoms. The molecule has 2 aromatic carbocycles. The van der Waals surface area contributed by atoms with Crippen molar-refractivity contribution in [2.75, 3.05) is 27.8 Å². The lowest BCUT2D eigenvalue weighted by atomic mass is 9.83. The first-order valence-corrected chi connectivity index (χ1v) is 9.31. The number of carbonyl (C=O) groups excluding carboxylic acids is 1. The molecule has 0 unspecified atom stereocenters. The normalized spacial score (nSPS) is 18.8. The lowest BCUT2D eigenvalue weighted by Gasteiger charge is -2.22. The summed E-state index contributed by atoms with van der Waals surface area (Å²) < 4.78 is 34.8. The second-order valence-electron chi connectivity index (χ2n) is 6.82. The molecular formula is C22H25FO5. The molecule has 150 valence electrons. The minimum Gasteiger partial charge on any atom is -0.468 e. The molecule has 2 atom stereocenters. The zero-order chi connectivity index (χ0) is 19.9. The summed E-state index contributed by atoms with van der Waals surface area (Å²) in [5.74, 6) is 0.634. The number of benzene rings is 2. The van der Waals surface area contributed by atoms with Gasteiger partial charge in [-0.3, -0.25) is 4.79 Å². The molecular weight excluding hydrogens is 363 g/mol. The highest BCUT2D eigenvalue weighted by Crippen LogP contribution is 2.44. The monoisotopic (exact) mass is 388 g/mol. The maximum absolute atomic E-state index is 13.9. The van der Waals surface area contributed by atoms with Crippen LogP contribution in [0.1, 0.15) is 41.1 Å². The van der Waals surface area contributed by atoms with E-state index in [2.05, 4.69) is 0 Å². The van der Waals surface area contributed by atoms with E-state index >= 15 is 0 Å². The molecule has 0 spiro atoms. The molecule has 1 saturated carbocycles. The fourth-order valence-corrected chi connectivity index (χ4v) is 3.77. The average molecular weight is 388 g/mol. The van der Waals surface area contributed by atoms with E-state index in [4.69, 9.17) is 18.9 Å². The summed E-state index contributed by atoms with van der Waals surface area (Å²) in [5.41, 5.74) is 1.35. The molecule has 2 aromatic rings. The molecule has 0 aromatic heterocycles. The summed E-state index contributed by atoms with van der Waals surface area (Å²) in [4.78, 5) is 13.1. The predicted octanol–water partition coefficient (Wildman–Crippen LogP) is 4.56. The highest BCUT2D eigenvalue weighted by Gasteiger charge is 2.36. The van der Waals surface area contributed by atoms with Crippen molar-refractivity contribution in [1.82, 2.24) is 0 Å². The van der Waals surface area contributed by atoms with Gasteiger partial charge in [-0.25, -0.2) is 4.39 Å². The van der Waals surface area contributed by atoms with Gasteiger partial charge in [0.1, 0.15) is 17.3 Å². The standard InChI is InChI=1S/C22H25FO5/c1-25-13-27-17-9-6-15(7-10-17)22(24)19-5-3-4-18(19)20-12-16(23)8-11-21(20)28-14-26-2/h6-12,18-19H,3-5,13-14H2,1-2H3/t18-,19+/m1/s1. The van der Waals surface area contributed by atoms with Crippen LogP contribution in [0, 0.1) is 11.7 Å².